The Morgan fingerprint density at radius 3 is 2.76 bits per heavy atom. The Balaban J connectivity index is 2.53. The predicted molar refractivity (Wildman–Crippen MR) is 66.1 cm³/mol. The molecule has 0 atom stereocenters. The van der Waals surface area contributed by atoms with Crippen molar-refractivity contribution < 1.29 is 9.47 Å². The Morgan fingerprint density at radius 1 is 1.29 bits per heavy atom. The summed E-state index contributed by atoms with van der Waals surface area (Å²) in [6.45, 7) is 1.54. The molecule has 0 heterocycles. The van der Waals surface area contributed by atoms with E-state index in [2.05, 4.69) is 11.4 Å². The maximum atomic E-state index is 8.42. The quantitative estimate of drug-likeness (QED) is 0.734. The number of hydrogen-bond donors (Lipinski definition) is 1. The molecule has 17 heavy (non-hydrogen) atoms. The zero-order chi connectivity index (χ0) is 12.5. The van der Waals surface area contributed by atoms with Crippen molar-refractivity contribution >= 4 is 0 Å². The third-order valence-electron chi connectivity index (χ3n) is 2.45. The van der Waals surface area contributed by atoms with Gasteiger partial charge in [-0.05, 0) is 31.2 Å². The first-order valence-electron chi connectivity index (χ1n) is 5.60. The highest BCUT2D eigenvalue weighted by Crippen LogP contribution is 2.23. The second-order valence-corrected chi connectivity index (χ2v) is 3.62. The fourth-order valence-electron chi connectivity index (χ4n) is 1.54. The second-order valence-electron chi connectivity index (χ2n) is 3.62. The molecular formula is C13H18N2O2. The fraction of sp³-hybridized carbons (Fsp3) is 0.462. The molecule has 0 amide bonds. The van der Waals surface area contributed by atoms with Crippen molar-refractivity contribution in [1.82, 2.24) is 5.32 Å². The average Bonchev–Trinajstić information content (AvgIpc) is 2.38. The number of unbranched alkanes of at least 4 members (excludes halogenated alkanes) is 1. The number of nitrogens with zero attached hydrogens (tertiary/aromatic N) is 1. The third-order valence-corrected chi connectivity index (χ3v) is 2.45. The zero-order valence-electron chi connectivity index (χ0n) is 10.3. The molecule has 0 aliphatic carbocycles. The molecule has 0 fully saturated rings. The number of methoxy groups -OCH3 is 2. The van der Waals surface area contributed by atoms with E-state index in [9.17, 15) is 0 Å². The van der Waals surface area contributed by atoms with Gasteiger partial charge in [0.2, 0.25) is 0 Å². The van der Waals surface area contributed by atoms with Crippen molar-refractivity contribution in [2.24, 2.45) is 0 Å². The van der Waals surface area contributed by atoms with Gasteiger partial charge in [-0.15, -0.1) is 0 Å². The molecule has 0 spiro atoms. The lowest BCUT2D eigenvalue weighted by atomic mass is 10.2. The molecule has 1 rings (SSSR count). The minimum Gasteiger partial charge on any atom is -0.497 e. The first-order valence-corrected chi connectivity index (χ1v) is 5.60. The molecule has 0 aliphatic heterocycles. The molecule has 0 radical (unpaired) electrons. The fourth-order valence-corrected chi connectivity index (χ4v) is 1.54. The van der Waals surface area contributed by atoms with Crippen LogP contribution in [0.5, 0.6) is 11.5 Å². The molecule has 4 heteroatoms. The Hall–Kier alpha value is -1.73. The standard InChI is InChI=1S/C13H18N2O2/c1-16-12-5-6-13(17-2)11(9-12)10-15-8-4-3-7-14/h5-6,9,15H,3-4,8,10H2,1-2H3. The van der Waals surface area contributed by atoms with Crippen LogP contribution >= 0.6 is 0 Å². The van der Waals surface area contributed by atoms with E-state index in [0.29, 0.717) is 13.0 Å². The van der Waals surface area contributed by atoms with E-state index < -0.39 is 0 Å². The number of benzene rings is 1. The summed E-state index contributed by atoms with van der Waals surface area (Å²) in [5.41, 5.74) is 1.06. The van der Waals surface area contributed by atoms with Gasteiger partial charge in [0.05, 0.1) is 20.3 Å². The molecule has 1 N–H and O–H groups in total. The van der Waals surface area contributed by atoms with Gasteiger partial charge in [0.15, 0.2) is 0 Å². The first-order chi connectivity index (χ1) is 8.31. The molecule has 0 unspecified atom stereocenters. The Labute approximate surface area is 102 Å². The summed E-state index contributed by atoms with van der Waals surface area (Å²) in [4.78, 5) is 0. The minimum absolute atomic E-state index is 0.586. The Morgan fingerprint density at radius 2 is 2.12 bits per heavy atom. The van der Waals surface area contributed by atoms with Gasteiger partial charge in [0.1, 0.15) is 11.5 Å². The van der Waals surface area contributed by atoms with Crippen LogP contribution in [0.15, 0.2) is 18.2 Å². The maximum Gasteiger partial charge on any atom is 0.123 e. The summed E-state index contributed by atoms with van der Waals surface area (Å²) >= 11 is 0. The van der Waals surface area contributed by atoms with Gasteiger partial charge in [-0.1, -0.05) is 0 Å². The first kappa shape index (κ1) is 13.3. The van der Waals surface area contributed by atoms with Crippen LogP contribution in [0, 0.1) is 11.3 Å². The molecule has 1 aromatic rings. The molecule has 0 saturated carbocycles. The lowest BCUT2D eigenvalue weighted by Crippen LogP contribution is -2.15. The smallest absolute Gasteiger partial charge is 0.123 e. The van der Waals surface area contributed by atoms with Crippen LogP contribution in [-0.2, 0) is 6.54 Å². The normalized spacial score (nSPS) is 9.71. The van der Waals surface area contributed by atoms with Crippen LogP contribution < -0.4 is 14.8 Å². The van der Waals surface area contributed by atoms with Gasteiger partial charge >= 0.3 is 0 Å². The zero-order valence-corrected chi connectivity index (χ0v) is 10.3. The van der Waals surface area contributed by atoms with E-state index in [1.165, 1.54) is 0 Å². The summed E-state index contributed by atoms with van der Waals surface area (Å²) in [7, 11) is 3.30. The van der Waals surface area contributed by atoms with Crippen molar-refractivity contribution in [2.45, 2.75) is 19.4 Å². The minimum atomic E-state index is 0.586. The number of hydrogen-bond acceptors (Lipinski definition) is 4. The monoisotopic (exact) mass is 234 g/mol. The number of ether oxygens (including phenoxy) is 2. The lowest BCUT2D eigenvalue weighted by molar-refractivity contribution is 0.397. The molecule has 92 valence electrons. The molecule has 1 aromatic carbocycles. The van der Waals surface area contributed by atoms with E-state index in [1.807, 2.05) is 18.2 Å². The van der Waals surface area contributed by atoms with Crippen LogP contribution in [0.3, 0.4) is 0 Å². The van der Waals surface area contributed by atoms with Crippen LogP contribution in [0.4, 0.5) is 0 Å². The molecule has 0 aliphatic rings. The SMILES string of the molecule is COc1ccc(OC)c(CNCCCC#N)c1. The van der Waals surface area contributed by atoms with Crippen molar-refractivity contribution in [3.63, 3.8) is 0 Å². The average molecular weight is 234 g/mol. The summed E-state index contributed by atoms with van der Waals surface area (Å²) in [5, 5.41) is 11.7. The Kier molecular flexibility index (Phi) is 5.91. The van der Waals surface area contributed by atoms with Crippen molar-refractivity contribution in [3.05, 3.63) is 23.8 Å². The largest absolute Gasteiger partial charge is 0.497 e. The van der Waals surface area contributed by atoms with Crippen molar-refractivity contribution in [1.29, 1.82) is 5.26 Å². The number of nitriles is 1. The predicted octanol–water partition coefficient (Wildman–Crippen LogP) is 2.10. The van der Waals surface area contributed by atoms with Gasteiger partial charge in [0.25, 0.3) is 0 Å². The summed E-state index contributed by atoms with van der Waals surface area (Å²) in [5.74, 6) is 1.67. The lowest BCUT2D eigenvalue weighted by Gasteiger charge is -2.11. The van der Waals surface area contributed by atoms with E-state index in [-0.39, 0.29) is 0 Å². The van der Waals surface area contributed by atoms with Crippen molar-refractivity contribution in [3.8, 4) is 17.6 Å². The molecule has 0 bridgehead atoms. The number of nitrogens with one attached hydrogen (secondary N) is 1. The highest BCUT2D eigenvalue weighted by Gasteiger charge is 2.04. The topological polar surface area (TPSA) is 54.3 Å². The van der Waals surface area contributed by atoms with Gasteiger partial charge < -0.3 is 14.8 Å². The molecular weight excluding hydrogens is 216 g/mol. The van der Waals surface area contributed by atoms with E-state index in [4.69, 9.17) is 14.7 Å². The van der Waals surface area contributed by atoms with Crippen molar-refractivity contribution in [2.75, 3.05) is 20.8 Å². The summed E-state index contributed by atoms with van der Waals surface area (Å²) in [6, 6.07) is 7.84. The molecule has 0 saturated heterocycles. The van der Waals surface area contributed by atoms with Gasteiger partial charge in [0, 0.05) is 18.5 Å². The second kappa shape index (κ2) is 7.53. The highest BCUT2D eigenvalue weighted by atomic mass is 16.5. The van der Waals surface area contributed by atoms with Crippen LogP contribution in [0.1, 0.15) is 18.4 Å². The summed E-state index contributed by atoms with van der Waals surface area (Å²) < 4.78 is 10.4. The van der Waals surface area contributed by atoms with E-state index in [0.717, 1.165) is 30.0 Å². The maximum absolute atomic E-state index is 8.42. The summed E-state index contributed by atoms with van der Waals surface area (Å²) in [6.07, 6.45) is 1.45. The van der Waals surface area contributed by atoms with E-state index in [1.54, 1.807) is 14.2 Å². The van der Waals surface area contributed by atoms with Crippen LogP contribution in [0.2, 0.25) is 0 Å². The van der Waals surface area contributed by atoms with Crippen LogP contribution in [0.25, 0.3) is 0 Å². The highest BCUT2D eigenvalue weighted by molar-refractivity contribution is 5.40. The number of rotatable bonds is 7. The van der Waals surface area contributed by atoms with E-state index >= 15 is 0 Å². The van der Waals surface area contributed by atoms with Gasteiger partial charge in [-0.2, -0.15) is 5.26 Å². The van der Waals surface area contributed by atoms with Crippen LogP contribution in [-0.4, -0.2) is 20.8 Å². The molecule has 4 nitrogen and oxygen atoms in total. The molecule has 0 aromatic heterocycles. The van der Waals surface area contributed by atoms with Gasteiger partial charge in [-0.3, -0.25) is 0 Å². The van der Waals surface area contributed by atoms with Gasteiger partial charge in [-0.25, -0.2) is 0 Å². The Bertz CT molecular complexity index is 385. The third kappa shape index (κ3) is 4.33.